The van der Waals surface area contributed by atoms with E-state index in [1.165, 1.54) is 0 Å². The summed E-state index contributed by atoms with van der Waals surface area (Å²) in [6.45, 7) is 0.412. The van der Waals surface area contributed by atoms with Crippen LogP contribution in [0.25, 0.3) is 0 Å². The molecule has 3 rings (SSSR count). The highest BCUT2D eigenvalue weighted by Crippen LogP contribution is 2.23. The summed E-state index contributed by atoms with van der Waals surface area (Å²) in [4.78, 5) is 14.8. The topological polar surface area (TPSA) is 63.7 Å². The third-order valence-corrected chi connectivity index (χ3v) is 6.45. The predicted molar refractivity (Wildman–Crippen MR) is 101 cm³/mol. The number of rotatable bonds is 6. The fourth-order valence-corrected chi connectivity index (χ4v) is 5.07. The molecule has 1 atom stereocenters. The van der Waals surface area contributed by atoms with Gasteiger partial charge in [-0.05, 0) is 18.1 Å². The molecule has 0 spiro atoms. The van der Waals surface area contributed by atoms with Gasteiger partial charge in [-0.2, -0.15) is 0 Å². The van der Waals surface area contributed by atoms with Crippen molar-refractivity contribution < 1.29 is 17.9 Å². The Morgan fingerprint density at radius 2 is 1.81 bits per heavy atom. The summed E-state index contributed by atoms with van der Waals surface area (Å²) in [6, 6.07) is 16.8. The molecule has 2 aromatic carbocycles. The number of nitrogens with zero attached hydrogens (tertiary/aromatic N) is 1. The van der Waals surface area contributed by atoms with Crippen LogP contribution in [0.15, 0.2) is 54.6 Å². The minimum atomic E-state index is -3.07. The predicted octanol–water partition coefficient (Wildman–Crippen LogP) is 2.45. The molecular formula is C20H23NO4S. The highest BCUT2D eigenvalue weighted by Gasteiger charge is 2.34. The molecule has 1 aliphatic heterocycles. The van der Waals surface area contributed by atoms with Gasteiger partial charge < -0.3 is 9.64 Å². The lowest BCUT2D eigenvalue weighted by molar-refractivity contribution is -0.133. The molecule has 0 aliphatic carbocycles. The van der Waals surface area contributed by atoms with Crippen molar-refractivity contribution in [3.63, 3.8) is 0 Å². The quantitative estimate of drug-likeness (QED) is 0.780. The first-order chi connectivity index (χ1) is 12.5. The molecule has 138 valence electrons. The number of hydrogen-bond acceptors (Lipinski definition) is 4. The summed E-state index contributed by atoms with van der Waals surface area (Å²) >= 11 is 0. The number of carbonyl (C=O) groups is 1. The van der Waals surface area contributed by atoms with Crippen molar-refractivity contribution in [2.45, 2.75) is 25.4 Å². The van der Waals surface area contributed by atoms with Gasteiger partial charge in [-0.15, -0.1) is 0 Å². The molecule has 0 radical (unpaired) electrons. The second-order valence-electron chi connectivity index (χ2n) is 6.55. The van der Waals surface area contributed by atoms with E-state index in [9.17, 15) is 13.2 Å². The van der Waals surface area contributed by atoms with Crippen LogP contribution in [0.4, 0.5) is 0 Å². The summed E-state index contributed by atoms with van der Waals surface area (Å²) in [6.07, 6.45) is 0.681. The summed E-state index contributed by atoms with van der Waals surface area (Å²) in [5.41, 5.74) is 1.80. The molecule has 0 saturated carbocycles. The van der Waals surface area contributed by atoms with Crippen molar-refractivity contribution in [1.29, 1.82) is 0 Å². The van der Waals surface area contributed by atoms with Gasteiger partial charge in [0.25, 0.3) is 0 Å². The first-order valence-electron chi connectivity index (χ1n) is 8.64. The lowest BCUT2D eigenvalue weighted by atomic mass is 10.1. The van der Waals surface area contributed by atoms with Gasteiger partial charge in [0.1, 0.15) is 5.75 Å². The normalized spacial score (nSPS) is 18.4. The van der Waals surface area contributed by atoms with Crippen molar-refractivity contribution in [3.8, 4) is 5.75 Å². The number of benzene rings is 2. The van der Waals surface area contributed by atoms with Crippen LogP contribution in [0.1, 0.15) is 17.5 Å². The fraction of sp³-hybridized carbons (Fsp3) is 0.350. The van der Waals surface area contributed by atoms with E-state index in [4.69, 9.17) is 4.74 Å². The van der Waals surface area contributed by atoms with Gasteiger partial charge in [-0.1, -0.05) is 48.5 Å². The summed E-state index contributed by atoms with van der Waals surface area (Å²) in [5.74, 6) is 0.766. The lowest BCUT2D eigenvalue weighted by Gasteiger charge is -2.29. The third-order valence-electron chi connectivity index (χ3n) is 4.70. The Labute approximate surface area is 154 Å². The lowest BCUT2D eigenvalue weighted by Crippen LogP contribution is -2.41. The summed E-state index contributed by atoms with van der Waals surface area (Å²) < 4.78 is 29.2. The van der Waals surface area contributed by atoms with Crippen molar-refractivity contribution >= 4 is 15.7 Å². The first kappa shape index (κ1) is 18.5. The van der Waals surface area contributed by atoms with E-state index in [0.29, 0.717) is 18.7 Å². The standard InChI is InChI=1S/C20H23NO4S/c1-25-19-10-6-5-9-17(19)13-20(22)21(14-16-7-3-2-4-8-16)18-11-12-26(23,24)15-18/h2-10,18H,11-15H2,1H3/t18-/m0/s1. The Bertz CT molecular complexity index is 864. The van der Waals surface area contributed by atoms with E-state index in [1.807, 2.05) is 54.6 Å². The van der Waals surface area contributed by atoms with Crippen molar-refractivity contribution in [3.05, 3.63) is 65.7 Å². The smallest absolute Gasteiger partial charge is 0.227 e. The monoisotopic (exact) mass is 373 g/mol. The average molecular weight is 373 g/mol. The highest BCUT2D eigenvalue weighted by atomic mass is 32.2. The van der Waals surface area contributed by atoms with Crippen LogP contribution in [-0.2, 0) is 27.6 Å². The maximum Gasteiger partial charge on any atom is 0.227 e. The minimum Gasteiger partial charge on any atom is -0.496 e. The molecule has 1 fully saturated rings. The maximum atomic E-state index is 13.1. The molecular weight excluding hydrogens is 350 g/mol. The maximum absolute atomic E-state index is 13.1. The highest BCUT2D eigenvalue weighted by molar-refractivity contribution is 7.91. The number of methoxy groups -OCH3 is 1. The zero-order chi connectivity index (χ0) is 18.6. The average Bonchev–Trinajstić information content (AvgIpc) is 3.00. The molecule has 1 amide bonds. The molecule has 0 bridgehead atoms. The van der Waals surface area contributed by atoms with Crippen molar-refractivity contribution in [2.75, 3.05) is 18.6 Å². The summed E-state index contributed by atoms with van der Waals surface area (Å²) in [5, 5.41) is 0. The van der Waals surface area contributed by atoms with Gasteiger partial charge in [0.2, 0.25) is 5.91 Å². The number of para-hydroxylation sites is 1. The Balaban J connectivity index is 1.83. The van der Waals surface area contributed by atoms with Crippen molar-refractivity contribution in [2.24, 2.45) is 0 Å². The van der Waals surface area contributed by atoms with Crippen LogP contribution in [0.3, 0.4) is 0 Å². The van der Waals surface area contributed by atoms with Crippen LogP contribution in [0.5, 0.6) is 5.75 Å². The zero-order valence-corrected chi connectivity index (χ0v) is 15.6. The Hall–Kier alpha value is -2.34. The molecule has 0 N–H and O–H groups in total. The van der Waals surface area contributed by atoms with Crippen LogP contribution in [-0.4, -0.2) is 43.9 Å². The van der Waals surface area contributed by atoms with Crippen LogP contribution in [0.2, 0.25) is 0 Å². The van der Waals surface area contributed by atoms with Gasteiger partial charge in [0.15, 0.2) is 9.84 Å². The van der Waals surface area contributed by atoms with E-state index in [1.54, 1.807) is 12.0 Å². The van der Waals surface area contributed by atoms with Crippen LogP contribution < -0.4 is 4.74 Å². The third kappa shape index (κ3) is 4.43. The number of hydrogen-bond donors (Lipinski definition) is 0. The number of sulfone groups is 1. The van der Waals surface area contributed by atoms with Crippen LogP contribution in [0, 0.1) is 0 Å². The second kappa shape index (κ2) is 7.91. The second-order valence-corrected chi connectivity index (χ2v) is 8.78. The van der Waals surface area contributed by atoms with E-state index >= 15 is 0 Å². The van der Waals surface area contributed by atoms with Crippen molar-refractivity contribution in [1.82, 2.24) is 4.90 Å². The molecule has 0 unspecified atom stereocenters. The molecule has 6 heteroatoms. The van der Waals surface area contributed by atoms with E-state index in [-0.39, 0.29) is 29.9 Å². The largest absolute Gasteiger partial charge is 0.496 e. The molecule has 5 nitrogen and oxygen atoms in total. The van der Waals surface area contributed by atoms with Gasteiger partial charge in [-0.25, -0.2) is 8.42 Å². The fourth-order valence-electron chi connectivity index (χ4n) is 3.34. The molecule has 26 heavy (non-hydrogen) atoms. The molecule has 0 aromatic heterocycles. The van der Waals surface area contributed by atoms with E-state index < -0.39 is 9.84 Å². The molecule has 1 aliphatic rings. The van der Waals surface area contributed by atoms with Crippen LogP contribution >= 0.6 is 0 Å². The first-order valence-corrected chi connectivity index (χ1v) is 10.5. The zero-order valence-electron chi connectivity index (χ0n) is 14.8. The Morgan fingerprint density at radius 1 is 1.12 bits per heavy atom. The van der Waals surface area contributed by atoms with E-state index in [2.05, 4.69) is 0 Å². The Morgan fingerprint density at radius 3 is 2.46 bits per heavy atom. The van der Waals surface area contributed by atoms with Gasteiger partial charge in [0.05, 0.1) is 25.0 Å². The number of amides is 1. The Kier molecular flexibility index (Phi) is 5.61. The number of carbonyl (C=O) groups excluding carboxylic acids is 1. The van der Waals surface area contributed by atoms with E-state index in [0.717, 1.165) is 11.1 Å². The molecule has 2 aromatic rings. The molecule has 1 heterocycles. The summed E-state index contributed by atoms with van der Waals surface area (Å²) in [7, 11) is -1.49. The minimum absolute atomic E-state index is 0.0392. The molecule has 1 saturated heterocycles. The van der Waals surface area contributed by atoms with Gasteiger partial charge in [0, 0.05) is 18.2 Å². The number of ether oxygens (including phenoxy) is 1. The van der Waals surface area contributed by atoms with Gasteiger partial charge >= 0.3 is 0 Å². The SMILES string of the molecule is COc1ccccc1CC(=O)N(Cc1ccccc1)[C@H]1CCS(=O)(=O)C1. The van der Waals surface area contributed by atoms with Gasteiger partial charge in [-0.3, -0.25) is 4.79 Å².